The van der Waals surface area contributed by atoms with E-state index in [0.717, 1.165) is 36.5 Å². The van der Waals surface area contributed by atoms with E-state index in [1.165, 1.54) is 0 Å². The van der Waals surface area contributed by atoms with Gasteiger partial charge in [0.25, 0.3) is 5.91 Å². The predicted octanol–water partition coefficient (Wildman–Crippen LogP) is 2.35. The van der Waals surface area contributed by atoms with Crippen molar-refractivity contribution in [1.29, 1.82) is 0 Å². The molecule has 2 aliphatic rings. The van der Waals surface area contributed by atoms with Crippen molar-refractivity contribution in [2.75, 3.05) is 36.5 Å². The number of rotatable bonds is 7. The standard InChI is InChI=1S/C21H30N4O4/c1-4-5-10-21(3)19(27)25(20(28)23-21)15(2)18(26)22-16-6-8-17(9-7-16)24-11-13-29-14-12-24/h6-9,15H,4-5,10-14H2,1-3H3,(H,22,26)(H,23,28)/t15-,21-/m0/s1. The molecule has 0 radical (unpaired) electrons. The molecule has 29 heavy (non-hydrogen) atoms. The number of urea groups is 1. The first-order valence-corrected chi connectivity index (χ1v) is 10.2. The molecule has 0 aliphatic carbocycles. The number of nitrogens with zero attached hydrogens (tertiary/aromatic N) is 2. The SMILES string of the molecule is CCCC[C@]1(C)NC(=O)N([C@@H](C)C(=O)Nc2ccc(N3CCOCC3)cc2)C1=O. The third kappa shape index (κ3) is 4.53. The summed E-state index contributed by atoms with van der Waals surface area (Å²) in [6, 6.07) is 6.13. The van der Waals surface area contributed by atoms with E-state index in [1.54, 1.807) is 13.8 Å². The van der Waals surface area contributed by atoms with Gasteiger partial charge in [0.1, 0.15) is 11.6 Å². The van der Waals surface area contributed by atoms with Crippen LogP contribution in [-0.4, -0.2) is 60.6 Å². The van der Waals surface area contributed by atoms with Crippen molar-refractivity contribution in [3.05, 3.63) is 24.3 Å². The van der Waals surface area contributed by atoms with Crippen molar-refractivity contribution < 1.29 is 19.1 Å². The van der Waals surface area contributed by atoms with E-state index in [0.29, 0.717) is 25.3 Å². The topological polar surface area (TPSA) is 91.0 Å². The summed E-state index contributed by atoms with van der Waals surface area (Å²) >= 11 is 0. The van der Waals surface area contributed by atoms with E-state index in [2.05, 4.69) is 15.5 Å². The first kappa shape index (κ1) is 21.1. The molecule has 2 heterocycles. The maximum absolute atomic E-state index is 12.8. The molecule has 2 fully saturated rings. The van der Waals surface area contributed by atoms with Crippen LogP contribution >= 0.6 is 0 Å². The van der Waals surface area contributed by atoms with Crippen molar-refractivity contribution in [2.24, 2.45) is 0 Å². The van der Waals surface area contributed by atoms with Gasteiger partial charge < -0.3 is 20.3 Å². The zero-order valence-corrected chi connectivity index (χ0v) is 17.4. The Hall–Kier alpha value is -2.61. The van der Waals surface area contributed by atoms with Gasteiger partial charge in [-0.15, -0.1) is 0 Å². The minimum absolute atomic E-state index is 0.346. The second kappa shape index (κ2) is 8.82. The highest BCUT2D eigenvalue weighted by atomic mass is 16.5. The lowest BCUT2D eigenvalue weighted by molar-refractivity contribution is -0.136. The van der Waals surface area contributed by atoms with Crippen LogP contribution in [0.3, 0.4) is 0 Å². The number of hydrogen-bond acceptors (Lipinski definition) is 5. The van der Waals surface area contributed by atoms with Crippen LogP contribution in [0, 0.1) is 0 Å². The van der Waals surface area contributed by atoms with Crippen molar-refractivity contribution >= 4 is 29.2 Å². The summed E-state index contributed by atoms with van der Waals surface area (Å²) in [6.07, 6.45) is 2.31. The van der Waals surface area contributed by atoms with Gasteiger partial charge in [0.2, 0.25) is 5.91 Å². The lowest BCUT2D eigenvalue weighted by Crippen LogP contribution is -2.48. The zero-order valence-electron chi connectivity index (χ0n) is 17.4. The summed E-state index contributed by atoms with van der Waals surface area (Å²) in [4.78, 5) is 41.1. The van der Waals surface area contributed by atoms with E-state index < -0.39 is 23.5 Å². The largest absolute Gasteiger partial charge is 0.378 e. The molecule has 0 spiro atoms. The molecule has 4 amide bonds. The second-order valence-electron chi connectivity index (χ2n) is 7.85. The fourth-order valence-electron chi connectivity index (χ4n) is 3.70. The number of nitrogens with one attached hydrogen (secondary N) is 2. The first-order valence-electron chi connectivity index (χ1n) is 10.2. The summed E-state index contributed by atoms with van der Waals surface area (Å²) in [5.74, 6) is -0.742. The maximum atomic E-state index is 12.8. The molecule has 158 valence electrons. The van der Waals surface area contributed by atoms with Gasteiger partial charge in [0, 0.05) is 24.5 Å². The van der Waals surface area contributed by atoms with Crippen LogP contribution in [0.5, 0.6) is 0 Å². The smallest absolute Gasteiger partial charge is 0.325 e. The van der Waals surface area contributed by atoms with Gasteiger partial charge in [-0.1, -0.05) is 19.8 Å². The molecule has 0 aromatic heterocycles. The summed E-state index contributed by atoms with van der Waals surface area (Å²) in [6.45, 7) is 8.41. The zero-order chi connectivity index (χ0) is 21.0. The number of morpholine rings is 1. The summed E-state index contributed by atoms with van der Waals surface area (Å²) in [5, 5.41) is 5.55. The van der Waals surface area contributed by atoms with Crippen LogP contribution in [0.2, 0.25) is 0 Å². The van der Waals surface area contributed by atoms with E-state index in [4.69, 9.17) is 4.74 Å². The molecule has 1 aromatic rings. The maximum Gasteiger partial charge on any atom is 0.325 e. The van der Waals surface area contributed by atoms with Gasteiger partial charge in [0.05, 0.1) is 13.2 Å². The Bertz CT molecular complexity index is 760. The Morgan fingerprint density at radius 1 is 1.24 bits per heavy atom. The van der Waals surface area contributed by atoms with Gasteiger partial charge in [0.15, 0.2) is 0 Å². The van der Waals surface area contributed by atoms with Crippen molar-refractivity contribution in [1.82, 2.24) is 10.2 Å². The number of unbranched alkanes of at least 4 members (excludes halogenated alkanes) is 1. The third-order valence-corrected chi connectivity index (χ3v) is 5.60. The molecule has 8 heteroatoms. The summed E-state index contributed by atoms with van der Waals surface area (Å²) in [5.41, 5.74) is 0.751. The molecule has 8 nitrogen and oxygen atoms in total. The monoisotopic (exact) mass is 402 g/mol. The van der Waals surface area contributed by atoms with Gasteiger partial charge in [-0.3, -0.25) is 9.59 Å². The fraction of sp³-hybridized carbons (Fsp3) is 0.571. The Labute approximate surface area is 171 Å². The summed E-state index contributed by atoms with van der Waals surface area (Å²) in [7, 11) is 0. The highest BCUT2D eigenvalue weighted by Gasteiger charge is 2.50. The molecule has 2 N–H and O–H groups in total. The van der Waals surface area contributed by atoms with Crippen LogP contribution < -0.4 is 15.5 Å². The van der Waals surface area contributed by atoms with Crippen LogP contribution in [0.15, 0.2) is 24.3 Å². The first-order chi connectivity index (χ1) is 13.9. The van der Waals surface area contributed by atoms with Crippen molar-refractivity contribution in [3.63, 3.8) is 0 Å². The minimum Gasteiger partial charge on any atom is -0.378 e. The molecule has 0 bridgehead atoms. The average molecular weight is 402 g/mol. The van der Waals surface area contributed by atoms with Crippen molar-refractivity contribution in [2.45, 2.75) is 51.6 Å². The molecule has 2 atom stereocenters. The van der Waals surface area contributed by atoms with Crippen LogP contribution in [0.4, 0.5) is 16.2 Å². The molecular formula is C21H30N4O4. The van der Waals surface area contributed by atoms with Crippen molar-refractivity contribution in [3.8, 4) is 0 Å². The predicted molar refractivity (Wildman–Crippen MR) is 111 cm³/mol. The number of amides is 4. The summed E-state index contributed by atoms with van der Waals surface area (Å²) < 4.78 is 5.36. The van der Waals surface area contributed by atoms with E-state index >= 15 is 0 Å². The number of imide groups is 1. The molecule has 0 saturated carbocycles. The molecule has 0 unspecified atom stereocenters. The van der Waals surface area contributed by atoms with Crippen LogP contribution in [-0.2, 0) is 14.3 Å². The van der Waals surface area contributed by atoms with Gasteiger partial charge in [-0.25, -0.2) is 9.69 Å². The highest BCUT2D eigenvalue weighted by Crippen LogP contribution is 2.26. The minimum atomic E-state index is -0.943. The number of anilines is 2. The molecule has 2 aliphatic heterocycles. The number of carbonyl (C=O) groups excluding carboxylic acids is 3. The van der Waals surface area contributed by atoms with Crippen LogP contribution in [0.25, 0.3) is 0 Å². The number of benzene rings is 1. The number of carbonyl (C=O) groups is 3. The Morgan fingerprint density at radius 2 is 1.90 bits per heavy atom. The fourth-order valence-corrected chi connectivity index (χ4v) is 3.70. The van der Waals surface area contributed by atoms with Gasteiger partial charge in [-0.05, 0) is 44.5 Å². The van der Waals surface area contributed by atoms with E-state index in [-0.39, 0.29) is 5.91 Å². The molecular weight excluding hydrogens is 372 g/mol. The lowest BCUT2D eigenvalue weighted by Gasteiger charge is -2.29. The molecule has 3 rings (SSSR count). The quantitative estimate of drug-likeness (QED) is 0.683. The second-order valence-corrected chi connectivity index (χ2v) is 7.85. The van der Waals surface area contributed by atoms with Gasteiger partial charge in [-0.2, -0.15) is 0 Å². The lowest BCUT2D eigenvalue weighted by atomic mass is 9.95. The van der Waals surface area contributed by atoms with Crippen LogP contribution in [0.1, 0.15) is 40.0 Å². The third-order valence-electron chi connectivity index (χ3n) is 5.60. The number of ether oxygens (including phenoxy) is 1. The molecule has 1 aromatic carbocycles. The molecule has 2 saturated heterocycles. The normalized spacial score (nSPS) is 23.1. The average Bonchev–Trinajstić information content (AvgIpc) is 2.95. The highest BCUT2D eigenvalue weighted by molar-refractivity contribution is 6.11. The Balaban J connectivity index is 1.63. The Morgan fingerprint density at radius 3 is 2.52 bits per heavy atom. The van der Waals surface area contributed by atoms with Gasteiger partial charge >= 0.3 is 6.03 Å². The Kier molecular flexibility index (Phi) is 6.42. The number of hydrogen-bond donors (Lipinski definition) is 2. The van der Waals surface area contributed by atoms with E-state index in [9.17, 15) is 14.4 Å². The van der Waals surface area contributed by atoms with E-state index in [1.807, 2.05) is 31.2 Å².